The van der Waals surface area contributed by atoms with Gasteiger partial charge in [0.2, 0.25) is 0 Å². The molecule has 2 rings (SSSR count). The molecule has 1 aliphatic rings. The van der Waals surface area contributed by atoms with Gasteiger partial charge in [-0.3, -0.25) is 4.18 Å². The van der Waals surface area contributed by atoms with Crippen molar-refractivity contribution in [3.8, 4) is 5.75 Å². The molecular formula is C21H34O4S. The predicted molar refractivity (Wildman–Crippen MR) is 105 cm³/mol. The van der Waals surface area contributed by atoms with Crippen molar-refractivity contribution in [1.29, 1.82) is 0 Å². The van der Waals surface area contributed by atoms with E-state index in [1.807, 2.05) is 0 Å². The summed E-state index contributed by atoms with van der Waals surface area (Å²) >= 11 is 0. The Bertz CT molecular complexity index is 721. The largest absolute Gasteiger partial charge is 0.508 e. The first-order valence-corrected chi connectivity index (χ1v) is 10.9. The second-order valence-electron chi connectivity index (χ2n) is 9.70. The topological polar surface area (TPSA) is 63.6 Å². The van der Waals surface area contributed by atoms with Gasteiger partial charge in [0.15, 0.2) is 0 Å². The lowest BCUT2D eigenvalue weighted by Gasteiger charge is -2.42. The highest BCUT2D eigenvalue weighted by atomic mass is 32.2. The minimum Gasteiger partial charge on any atom is -0.508 e. The van der Waals surface area contributed by atoms with Crippen LogP contribution < -0.4 is 0 Å². The van der Waals surface area contributed by atoms with E-state index in [4.69, 9.17) is 4.18 Å². The van der Waals surface area contributed by atoms with Crippen molar-refractivity contribution in [2.75, 3.05) is 0 Å². The Morgan fingerprint density at radius 2 is 1.65 bits per heavy atom. The summed E-state index contributed by atoms with van der Waals surface area (Å²) in [5.41, 5.74) is 1.11. The van der Waals surface area contributed by atoms with Gasteiger partial charge in [-0.2, -0.15) is 8.42 Å². The molecule has 0 saturated heterocycles. The SMILES string of the molecule is Cc1ccc(O)cc1S(=O)(=O)O[C@H]1CC[C@H](C(C)(C)CC(C)(C)C)CC1. The zero-order valence-corrected chi connectivity index (χ0v) is 17.8. The van der Waals surface area contributed by atoms with E-state index in [1.54, 1.807) is 13.0 Å². The van der Waals surface area contributed by atoms with Gasteiger partial charge in [0, 0.05) is 6.07 Å². The number of aromatic hydroxyl groups is 1. The molecule has 1 aromatic rings. The highest BCUT2D eigenvalue weighted by molar-refractivity contribution is 7.86. The van der Waals surface area contributed by atoms with Crippen LogP contribution >= 0.6 is 0 Å². The summed E-state index contributed by atoms with van der Waals surface area (Å²) in [6.07, 6.45) is 4.37. The second-order valence-corrected chi connectivity index (χ2v) is 11.2. The van der Waals surface area contributed by atoms with Gasteiger partial charge >= 0.3 is 0 Å². The van der Waals surface area contributed by atoms with Crippen molar-refractivity contribution < 1.29 is 17.7 Å². The summed E-state index contributed by atoms with van der Waals surface area (Å²) in [4.78, 5) is 0.0627. The van der Waals surface area contributed by atoms with E-state index in [0.717, 1.165) is 32.1 Å². The zero-order valence-electron chi connectivity index (χ0n) is 17.0. The summed E-state index contributed by atoms with van der Waals surface area (Å²) in [6.45, 7) is 13.2. The summed E-state index contributed by atoms with van der Waals surface area (Å²) in [5, 5.41) is 9.60. The van der Waals surface area contributed by atoms with E-state index < -0.39 is 10.1 Å². The minimum absolute atomic E-state index is 0.0627. The number of benzene rings is 1. The maximum Gasteiger partial charge on any atom is 0.297 e. The van der Waals surface area contributed by atoms with Crippen LogP contribution in [0.3, 0.4) is 0 Å². The summed E-state index contributed by atoms with van der Waals surface area (Å²) in [5.74, 6) is 0.525. The van der Waals surface area contributed by atoms with E-state index in [0.29, 0.717) is 11.5 Å². The van der Waals surface area contributed by atoms with Crippen molar-refractivity contribution in [2.45, 2.75) is 84.6 Å². The van der Waals surface area contributed by atoms with Crippen LogP contribution in [0.15, 0.2) is 23.1 Å². The molecule has 5 heteroatoms. The number of hydrogen-bond acceptors (Lipinski definition) is 4. The van der Waals surface area contributed by atoms with Gasteiger partial charge in [0.05, 0.1) is 6.10 Å². The average Bonchev–Trinajstić information content (AvgIpc) is 2.47. The average molecular weight is 383 g/mol. The molecule has 0 aliphatic heterocycles. The maximum atomic E-state index is 12.6. The number of phenols is 1. The van der Waals surface area contributed by atoms with Crippen LogP contribution in [0.4, 0.5) is 0 Å². The van der Waals surface area contributed by atoms with Gasteiger partial charge in [0.25, 0.3) is 10.1 Å². The molecular weight excluding hydrogens is 348 g/mol. The van der Waals surface area contributed by atoms with Crippen molar-refractivity contribution in [1.82, 2.24) is 0 Å². The summed E-state index contributed by atoms with van der Waals surface area (Å²) in [7, 11) is -3.85. The zero-order chi connectivity index (χ0) is 19.8. The molecule has 1 saturated carbocycles. The molecule has 0 unspecified atom stereocenters. The van der Waals surface area contributed by atoms with E-state index in [-0.39, 0.29) is 27.6 Å². The molecule has 26 heavy (non-hydrogen) atoms. The number of phenolic OH excluding ortho intramolecular Hbond substituents is 1. The molecule has 1 fully saturated rings. The molecule has 0 bridgehead atoms. The van der Waals surface area contributed by atoms with Gasteiger partial charge in [0.1, 0.15) is 10.6 Å². The van der Waals surface area contributed by atoms with E-state index in [9.17, 15) is 13.5 Å². The third kappa shape index (κ3) is 5.46. The first-order chi connectivity index (χ1) is 11.8. The monoisotopic (exact) mass is 382 g/mol. The number of rotatable bonds is 5. The van der Waals surface area contributed by atoms with Gasteiger partial charge in [-0.25, -0.2) is 0 Å². The molecule has 148 valence electrons. The van der Waals surface area contributed by atoms with Gasteiger partial charge in [-0.15, -0.1) is 0 Å². The van der Waals surface area contributed by atoms with Gasteiger partial charge < -0.3 is 5.11 Å². The third-order valence-electron chi connectivity index (χ3n) is 5.47. The van der Waals surface area contributed by atoms with Crippen LogP contribution in [0.5, 0.6) is 5.75 Å². The normalized spacial score (nSPS) is 22.4. The molecule has 1 aromatic carbocycles. The van der Waals surface area contributed by atoms with E-state index in [2.05, 4.69) is 34.6 Å². The van der Waals surface area contributed by atoms with Crippen LogP contribution in [0.25, 0.3) is 0 Å². The fourth-order valence-electron chi connectivity index (χ4n) is 4.54. The molecule has 0 heterocycles. The molecule has 0 spiro atoms. The van der Waals surface area contributed by atoms with E-state index in [1.165, 1.54) is 12.1 Å². The lowest BCUT2D eigenvalue weighted by atomic mass is 9.64. The van der Waals surface area contributed by atoms with Crippen LogP contribution in [0, 0.1) is 23.7 Å². The second kappa shape index (κ2) is 7.51. The Hall–Kier alpha value is -1.07. The Kier molecular flexibility index (Phi) is 6.13. The standard InChI is InChI=1S/C21H34O4S/c1-15-7-10-17(22)13-19(15)26(23,24)25-18-11-8-16(9-12-18)21(5,6)14-20(2,3)4/h7,10,13,16,18,22H,8-9,11-12,14H2,1-6H3/t16-,18-. The quantitative estimate of drug-likeness (QED) is 0.690. The molecule has 0 radical (unpaired) electrons. The smallest absolute Gasteiger partial charge is 0.297 e. The Morgan fingerprint density at radius 3 is 2.19 bits per heavy atom. The highest BCUT2D eigenvalue weighted by Gasteiger charge is 2.37. The van der Waals surface area contributed by atoms with Crippen LogP contribution in [-0.4, -0.2) is 19.6 Å². The fourth-order valence-corrected chi connectivity index (χ4v) is 5.92. The third-order valence-corrected chi connectivity index (χ3v) is 6.97. The fraction of sp³-hybridized carbons (Fsp3) is 0.714. The van der Waals surface area contributed by atoms with Gasteiger partial charge in [-0.1, -0.05) is 40.7 Å². The molecule has 0 atom stereocenters. The molecule has 4 nitrogen and oxygen atoms in total. The molecule has 0 aromatic heterocycles. The highest BCUT2D eigenvalue weighted by Crippen LogP contribution is 2.45. The molecule has 1 aliphatic carbocycles. The van der Waals surface area contributed by atoms with Crippen molar-refractivity contribution >= 4 is 10.1 Å². The van der Waals surface area contributed by atoms with Crippen molar-refractivity contribution in [3.05, 3.63) is 23.8 Å². The predicted octanol–water partition coefficient (Wildman–Crippen LogP) is 5.43. The lowest BCUT2D eigenvalue weighted by Crippen LogP contribution is -2.34. The van der Waals surface area contributed by atoms with Crippen LogP contribution in [0.1, 0.15) is 72.3 Å². The van der Waals surface area contributed by atoms with Gasteiger partial charge in [-0.05, 0) is 67.4 Å². The maximum absolute atomic E-state index is 12.6. The Morgan fingerprint density at radius 1 is 1.08 bits per heavy atom. The first-order valence-electron chi connectivity index (χ1n) is 9.53. The number of hydrogen-bond donors (Lipinski definition) is 1. The van der Waals surface area contributed by atoms with E-state index >= 15 is 0 Å². The Labute approximate surface area is 159 Å². The summed E-state index contributed by atoms with van der Waals surface area (Å²) in [6, 6.07) is 4.34. The van der Waals surface area contributed by atoms with Crippen molar-refractivity contribution in [2.24, 2.45) is 16.7 Å². The first kappa shape index (κ1) is 21.2. The van der Waals surface area contributed by atoms with Crippen molar-refractivity contribution in [3.63, 3.8) is 0 Å². The Balaban J connectivity index is 2.01. The lowest BCUT2D eigenvalue weighted by molar-refractivity contribution is 0.0580. The minimum atomic E-state index is -3.85. The molecule has 1 N–H and O–H groups in total. The summed E-state index contributed by atoms with van der Waals surface area (Å²) < 4.78 is 30.7. The molecule has 0 amide bonds. The number of aryl methyl sites for hydroxylation is 1. The van der Waals surface area contributed by atoms with Crippen LogP contribution in [0.2, 0.25) is 0 Å². The van der Waals surface area contributed by atoms with Crippen LogP contribution in [-0.2, 0) is 14.3 Å².